The van der Waals surface area contributed by atoms with E-state index in [1.165, 1.54) is 38.5 Å². The predicted octanol–water partition coefficient (Wildman–Crippen LogP) is 4.04. The first kappa shape index (κ1) is 14.1. The summed E-state index contributed by atoms with van der Waals surface area (Å²) in [5.74, 6) is 0.943. The molecule has 0 radical (unpaired) electrons. The molecule has 1 aromatic carbocycles. The van der Waals surface area contributed by atoms with Crippen molar-refractivity contribution in [1.29, 1.82) is 0 Å². The number of nitrogens with zero attached hydrogens (tertiary/aromatic N) is 3. The van der Waals surface area contributed by atoms with Gasteiger partial charge >= 0.3 is 0 Å². The molecule has 0 aliphatic heterocycles. The van der Waals surface area contributed by atoms with Crippen LogP contribution in [0, 0.1) is 5.92 Å². The topological polar surface area (TPSA) is 42.7 Å². The Hall–Kier alpha value is -1.84. The van der Waals surface area contributed by atoms with Crippen molar-refractivity contribution in [3.05, 3.63) is 36.9 Å². The van der Waals surface area contributed by atoms with Gasteiger partial charge in [-0.1, -0.05) is 31.9 Å². The number of anilines is 1. The van der Waals surface area contributed by atoms with Crippen LogP contribution in [0.25, 0.3) is 5.69 Å². The molecule has 3 rings (SSSR count). The standard InChI is InChI=1S/C17H24N4/c1-2-5-14-8-10-15(11-9-14)20-16-6-3-4-7-17(16)21-13-18-12-19-21/h3-4,6-7,12-15,20H,2,5,8-11H2,1H3. The van der Waals surface area contributed by atoms with Gasteiger partial charge in [0.05, 0.1) is 11.4 Å². The van der Waals surface area contributed by atoms with Crippen LogP contribution >= 0.6 is 0 Å². The highest BCUT2D eigenvalue weighted by Crippen LogP contribution is 2.30. The number of rotatable bonds is 5. The van der Waals surface area contributed by atoms with Crippen LogP contribution in [0.3, 0.4) is 0 Å². The Bertz CT molecular complexity index is 542. The smallest absolute Gasteiger partial charge is 0.138 e. The highest BCUT2D eigenvalue weighted by molar-refractivity contribution is 5.60. The number of hydrogen-bond acceptors (Lipinski definition) is 3. The van der Waals surface area contributed by atoms with Gasteiger partial charge in [0, 0.05) is 6.04 Å². The van der Waals surface area contributed by atoms with Crippen LogP contribution < -0.4 is 5.32 Å². The molecule has 112 valence electrons. The molecule has 1 saturated carbocycles. The van der Waals surface area contributed by atoms with E-state index in [-0.39, 0.29) is 0 Å². The largest absolute Gasteiger partial charge is 0.381 e. The second-order valence-corrected chi connectivity index (χ2v) is 6.01. The van der Waals surface area contributed by atoms with Crippen LogP contribution in [0.4, 0.5) is 5.69 Å². The van der Waals surface area contributed by atoms with Gasteiger partial charge in [-0.15, -0.1) is 0 Å². The van der Waals surface area contributed by atoms with Crippen molar-refractivity contribution in [1.82, 2.24) is 14.8 Å². The third-order valence-electron chi connectivity index (χ3n) is 4.47. The van der Waals surface area contributed by atoms with Crippen molar-refractivity contribution in [2.75, 3.05) is 5.32 Å². The van der Waals surface area contributed by atoms with Crippen molar-refractivity contribution in [3.63, 3.8) is 0 Å². The summed E-state index contributed by atoms with van der Waals surface area (Å²) in [6.45, 7) is 2.29. The zero-order valence-corrected chi connectivity index (χ0v) is 12.7. The summed E-state index contributed by atoms with van der Waals surface area (Å²) >= 11 is 0. The third kappa shape index (κ3) is 3.43. The Morgan fingerprint density at radius 3 is 2.71 bits per heavy atom. The van der Waals surface area contributed by atoms with Crippen molar-refractivity contribution >= 4 is 5.69 Å². The summed E-state index contributed by atoms with van der Waals surface area (Å²) in [5, 5.41) is 7.95. The minimum Gasteiger partial charge on any atom is -0.381 e. The van der Waals surface area contributed by atoms with Crippen LogP contribution in [0.1, 0.15) is 45.4 Å². The minimum atomic E-state index is 0.586. The van der Waals surface area contributed by atoms with Gasteiger partial charge in [0.25, 0.3) is 0 Å². The van der Waals surface area contributed by atoms with Gasteiger partial charge in [-0.25, -0.2) is 9.67 Å². The molecule has 0 atom stereocenters. The monoisotopic (exact) mass is 284 g/mol. The number of para-hydroxylation sites is 2. The summed E-state index contributed by atoms with van der Waals surface area (Å²) < 4.78 is 1.82. The zero-order valence-electron chi connectivity index (χ0n) is 12.7. The molecule has 0 saturated heterocycles. The van der Waals surface area contributed by atoms with E-state index in [1.807, 2.05) is 10.7 Å². The predicted molar refractivity (Wildman–Crippen MR) is 85.6 cm³/mol. The van der Waals surface area contributed by atoms with E-state index >= 15 is 0 Å². The van der Waals surface area contributed by atoms with Crippen molar-refractivity contribution in [2.45, 2.75) is 51.5 Å². The van der Waals surface area contributed by atoms with Crippen molar-refractivity contribution in [2.24, 2.45) is 5.92 Å². The Kier molecular flexibility index (Phi) is 4.53. The summed E-state index contributed by atoms with van der Waals surface area (Å²) in [5.41, 5.74) is 2.23. The molecule has 4 nitrogen and oxygen atoms in total. The van der Waals surface area contributed by atoms with Crippen LogP contribution in [-0.2, 0) is 0 Å². The molecule has 1 fully saturated rings. The van der Waals surface area contributed by atoms with Crippen LogP contribution in [0.15, 0.2) is 36.9 Å². The average molecular weight is 284 g/mol. The first-order valence-electron chi connectivity index (χ1n) is 8.07. The molecule has 0 unspecified atom stereocenters. The van der Waals surface area contributed by atoms with Crippen LogP contribution in [0.2, 0.25) is 0 Å². The first-order chi connectivity index (χ1) is 10.4. The van der Waals surface area contributed by atoms with Crippen LogP contribution in [0.5, 0.6) is 0 Å². The number of nitrogens with one attached hydrogen (secondary N) is 1. The molecule has 1 aliphatic rings. The third-order valence-corrected chi connectivity index (χ3v) is 4.47. The fraction of sp³-hybridized carbons (Fsp3) is 0.529. The van der Waals surface area contributed by atoms with Crippen molar-refractivity contribution in [3.8, 4) is 5.69 Å². The molecule has 4 heteroatoms. The van der Waals surface area contributed by atoms with Gasteiger partial charge in [-0.2, -0.15) is 5.10 Å². The fourth-order valence-corrected chi connectivity index (χ4v) is 3.35. The maximum absolute atomic E-state index is 4.24. The Labute approximate surface area is 126 Å². The maximum atomic E-state index is 4.24. The normalized spacial score (nSPS) is 22.1. The maximum Gasteiger partial charge on any atom is 0.138 e. The summed E-state index contributed by atoms with van der Waals surface area (Å²) in [6.07, 6.45) is 11.3. The quantitative estimate of drug-likeness (QED) is 0.901. The molecular formula is C17H24N4. The van der Waals surface area contributed by atoms with E-state index in [9.17, 15) is 0 Å². The Morgan fingerprint density at radius 2 is 2.00 bits per heavy atom. The summed E-state index contributed by atoms with van der Waals surface area (Å²) in [4.78, 5) is 4.04. The van der Waals surface area contributed by atoms with E-state index in [0.717, 1.165) is 17.3 Å². The van der Waals surface area contributed by atoms with Crippen molar-refractivity contribution < 1.29 is 0 Å². The molecule has 1 N–H and O–H groups in total. The lowest BCUT2D eigenvalue weighted by Gasteiger charge is -2.30. The number of benzene rings is 1. The molecule has 1 aliphatic carbocycles. The number of hydrogen-bond donors (Lipinski definition) is 1. The molecule has 1 heterocycles. The van der Waals surface area contributed by atoms with Gasteiger partial charge in [0.1, 0.15) is 12.7 Å². The van der Waals surface area contributed by atoms with E-state index in [2.05, 4.69) is 40.5 Å². The molecule has 0 amide bonds. The van der Waals surface area contributed by atoms with E-state index in [1.54, 1.807) is 12.7 Å². The van der Waals surface area contributed by atoms with E-state index in [0.29, 0.717) is 6.04 Å². The molecule has 0 spiro atoms. The molecule has 2 aromatic rings. The number of aromatic nitrogens is 3. The molecule has 21 heavy (non-hydrogen) atoms. The van der Waals surface area contributed by atoms with Gasteiger partial charge in [-0.05, 0) is 43.7 Å². The highest BCUT2D eigenvalue weighted by Gasteiger charge is 2.21. The zero-order chi connectivity index (χ0) is 14.5. The second-order valence-electron chi connectivity index (χ2n) is 6.01. The summed E-state index contributed by atoms with van der Waals surface area (Å²) in [7, 11) is 0. The second kappa shape index (κ2) is 6.74. The molecule has 0 bridgehead atoms. The summed E-state index contributed by atoms with van der Waals surface area (Å²) in [6, 6.07) is 8.92. The van der Waals surface area contributed by atoms with E-state index in [4.69, 9.17) is 0 Å². The lowest BCUT2D eigenvalue weighted by Crippen LogP contribution is -2.26. The lowest BCUT2D eigenvalue weighted by molar-refractivity contribution is 0.319. The lowest BCUT2D eigenvalue weighted by atomic mass is 9.83. The highest BCUT2D eigenvalue weighted by atomic mass is 15.3. The van der Waals surface area contributed by atoms with Gasteiger partial charge < -0.3 is 5.32 Å². The first-order valence-corrected chi connectivity index (χ1v) is 8.07. The Balaban J connectivity index is 1.66. The van der Waals surface area contributed by atoms with Gasteiger partial charge in [-0.3, -0.25) is 0 Å². The Morgan fingerprint density at radius 1 is 1.19 bits per heavy atom. The van der Waals surface area contributed by atoms with Gasteiger partial charge in [0.2, 0.25) is 0 Å². The van der Waals surface area contributed by atoms with E-state index < -0.39 is 0 Å². The molecule has 1 aromatic heterocycles. The molecular weight excluding hydrogens is 260 g/mol. The SMILES string of the molecule is CCCC1CCC(Nc2ccccc2-n2cncn2)CC1. The minimum absolute atomic E-state index is 0.586. The van der Waals surface area contributed by atoms with Crippen LogP contribution in [-0.4, -0.2) is 20.8 Å². The van der Waals surface area contributed by atoms with Gasteiger partial charge in [0.15, 0.2) is 0 Å². The fourth-order valence-electron chi connectivity index (χ4n) is 3.35. The average Bonchev–Trinajstić information content (AvgIpc) is 3.04.